The van der Waals surface area contributed by atoms with Gasteiger partial charge in [-0.3, -0.25) is 9.79 Å². The first-order valence-electron chi connectivity index (χ1n) is 8.14. The molecule has 7 heteroatoms. The Morgan fingerprint density at radius 2 is 1.88 bits per heavy atom. The molecule has 1 aromatic carbocycles. The largest absolute Gasteiger partial charge is 0.469 e. The number of ether oxygens (including phenoxy) is 1. The maximum atomic E-state index is 11.2. The highest BCUT2D eigenvalue weighted by atomic mass is 127. The Kier molecular flexibility index (Phi) is 9.51. The lowest BCUT2D eigenvalue weighted by atomic mass is 10.2. The summed E-state index contributed by atoms with van der Waals surface area (Å²) < 4.78 is 4.65. The molecule has 0 saturated carbocycles. The molecule has 24 heavy (non-hydrogen) atoms. The van der Waals surface area contributed by atoms with Crippen molar-refractivity contribution in [3.63, 3.8) is 0 Å². The molecule has 0 radical (unpaired) electrons. The summed E-state index contributed by atoms with van der Waals surface area (Å²) in [4.78, 5) is 20.4. The average molecular weight is 446 g/mol. The molecule has 0 amide bonds. The second kappa shape index (κ2) is 11.1. The summed E-state index contributed by atoms with van der Waals surface area (Å²) >= 11 is 0. The number of nitrogens with one attached hydrogen (secondary N) is 1. The number of carbonyl (C=O) groups excluding carboxylic acids is 1. The predicted molar refractivity (Wildman–Crippen MR) is 108 cm³/mol. The third kappa shape index (κ3) is 6.18. The molecule has 0 aromatic heterocycles. The standard InChI is InChI=1S/C17H26N4O2.HI/c1-3-18-17(19-10-9-16(22)23-2)21-13-11-20(12-14-21)15-7-5-4-6-8-15;/h4-8H,3,9-14H2,1-2H3,(H,18,19);1H. The number of rotatable bonds is 5. The first-order chi connectivity index (χ1) is 11.2. The van der Waals surface area contributed by atoms with E-state index in [1.165, 1.54) is 12.8 Å². The fourth-order valence-corrected chi connectivity index (χ4v) is 2.60. The maximum Gasteiger partial charge on any atom is 0.307 e. The van der Waals surface area contributed by atoms with E-state index in [4.69, 9.17) is 0 Å². The third-order valence-electron chi connectivity index (χ3n) is 3.84. The Bertz CT molecular complexity index is 517. The van der Waals surface area contributed by atoms with Crippen LogP contribution in [0.15, 0.2) is 35.3 Å². The van der Waals surface area contributed by atoms with Crippen molar-refractivity contribution in [3.8, 4) is 0 Å². The molecule has 0 unspecified atom stereocenters. The van der Waals surface area contributed by atoms with Gasteiger partial charge in [0.1, 0.15) is 0 Å². The molecule has 1 saturated heterocycles. The van der Waals surface area contributed by atoms with Crippen molar-refractivity contribution in [2.45, 2.75) is 13.3 Å². The van der Waals surface area contributed by atoms with Crippen LogP contribution in [0, 0.1) is 0 Å². The number of anilines is 1. The molecule has 0 aliphatic carbocycles. The molecule has 0 spiro atoms. The van der Waals surface area contributed by atoms with E-state index in [-0.39, 0.29) is 29.9 Å². The van der Waals surface area contributed by atoms with Gasteiger partial charge in [-0.15, -0.1) is 24.0 Å². The van der Waals surface area contributed by atoms with Gasteiger partial charge in [0.15, 0.2) is 5.96 Å². The number of aliphatic imine (C=N–C) groups is 1. The van der Waals surface area contributed by atoms with Gasteiger partial charge in [0, 0.05) is 38.4 Å². The van der Waals surface area contributed by atoms with E-state index in [1.807, 2.05) is 6.07 Å². The number of hydrogen-bond acceptors (Lipinski definition) is 4. The van der Waals surface area contributed by atoms with Crippen LogP contribution in [0.2, 0.25) is 0 Å². The lowest BCUT2D eigenvalue weighted by Crippen LogP contribution is -2.52. The van der Waals surface area contributed by atoms with Crippen molar-refractivity contribution in [2.24, 2.45) is 4.99 Å². The quantitative estimate of drug-likeness (QED) is 0.325. The van der Waals surface area contributed by atoms with E-state index >= 15 is 0 Å². The second-order valence-electron chi connectivity index (χ2n) is 5.37. The number of methoxy groups -OCH3 is 1. The monoisotopic (exact) mass is 446 g/mol. The van der Waals surface area contributed by atoms with E-state index in [1.54, 1.807) is 0 Å². The number of piperazine rings is 1. The zero-order valence-corrected chi connectivity index (χ0v) is 16.7. The fourth-order valence-electron chi connectivity index (χ4n) is 2.60. The molecule has 6 nitrogen and oxygen atoms in total. The fraction of sp³-hybridized carbons (Fsp3) is 0.529. The maximum absolute atomic E-state index is 11.2. The van der Waals surface area contributed by atoms with Crippen LogP contribution in [0.5, 0.6) is 0 Å². The molecule has 134 valence electrons. The lowest BCUT2D eigenvalue weighted by Gasteiger charge is -2.37. The molecule has 2 rings (SSSR count). The molecule has 0 atom stereocenters. The van der Waals surface area contributed by atoms with Crippen LogP contribution in [0.4, 0.5) is 5.69 Å². The number of hydrogen-bond donors (Lipinski definition) is 1. The lowest BCUT2D eigenvalue weighted by molar-refractivity contribution is -0.140. The van der Waals surface area contributed by atoms with Crippen molar-refractivity contribution in [1.82, 2.24) is 10.2 Å². The van der Waals surface area contributed by atoms with E-state index < -0.39 is 0 Å². The first kappa shape index (κ1) is 20.5. The summed E-state index contributed by atoms with van der Waals surface area (Å²) in [6.07, 6.45) is 0.315. The number of nitrogens with zero attached hydrogens (tertiary/aromatic N) is 3. The van der Waals surface area contributed by atoms with Crippen LogP contribution in [0.1, 0.15) is 13.3 Å². The summed E-state index contributed by atoms with van der Waals surface area (Å²) in [5, 5.41) is 3.30. The molecule has 1 aliphatic heterocycles. The van der Waals surface area contributed by atoms with Crippen molar-refractivity contribution in [3.05, 3.63) is 30.3 Å². The van der Waals surface area contributed by atoms with Crippen molar-refractivity contribution in [2.75, 3.05) is 51.3 Å². The SMILES string of the molecule is CCNC(=NCCC(=O)OC)N1CCN(c2ccccc2)CC1.I. The van der Waals surface area contributed by atoms with E-state index in [0.29, 0.717) is 13.0 Å². The van der Waals surface area contributed by atoms with Crippen molar-refractivity contribution in [1.29, 1.82) is 0 Å². The number of para-hydroxylation sites is 1. The number of guanidine groups is 1. The van der Waals surface area contributed by atoms with Gasteiger partial charge in [-0.05, 0) is 19.1 Å². The zero-order valence-electron chi connectivity index (χ0n) is 14.4. The zero-order chi connectivity index (χ0) is 16.5. The van der Waals surface area contributed by atoms with Crippen LogP contribution in [0.3, 0.4) is 0 Å². The highest BCUT2D eigenvalue weighted by molar-refractivity contribution is 14.0. The van der Waals surface area contributed by atoms with Gasteiger partial charge in [0.2, 0.25) is 0 Å². The molecule has 1 aromatic rings. The van der Waals surface area contributed by atoms with Crippen molar-refractivity contribution >= 4 is 41.6 Å². The topological polar surface area (TPSA) is 57.2 Å². The van der Waals surface area contributed by atoms with Gasteiger partial charge in [0.05, 0.1) is 20.1 Å². The third-order valence-corrected chi connectivity index (χ3v) is 3.84. The van der Waals surface area contributed by atoms with Gasteiger partial charge >= 0.3 is 5.97 Å². The van der Waals surface area contributed by atoms with Gasteiger partial charge < -0.3 is 19.9 Å². The van der Waals surface area contributed by atoms with Crippen LogP contribution >= 0.6 is 24.0 Å². The molecule has 1 fully saturated rings. The Morgan fingerprint density at radius 1 is 1.21 bits per heavy atom. The van der Waals surface area contributed by atoms with Gasteiger partial charge in [-0.25, -0.2) is 0 Å². The Labute approximate surface area is 161 Å². The normalized spacial score (nSPS) is 14.8. The molecule has 1 heterocycles. The smallest absolute Gasteiger partial charge is 0.307 e. The van der Waals surface area contributed by atoms with Crippen molar-refractivity contribution < 1.29 is 9.53 Å². The highest BCUT2D eigenvalue weighted by Crippen LogP contribution is 2.15. The number of carbonyl (C=O) groups is 1. The minimum absolute atomic E-state index is 0. The number of benzene rings is 1. The van der Waals surface area contributed by atoms with E-state index in [9.17, 15) is 4.79 Å². The summed E-state index contributed by atoms with van der Waals surface area (Å²) in [6.45, 7) is 7.08. The summed E-state index contributed by atoms with van der Waals surface area (Å²) in [5.74, 6) is 0.655. The molecule has 1 N–H and O–H groups in total. The first-order valence-corrected chi connectivity index (χ1v) is 8.14. The average Bonchev–Trinajstić information content (AvgIpc) is 2.61. The summed E-state index contributed by atoms with van der Waals surface area (Å²) in [5.41, 5.74) is 1.26. The number of esters is 1. The van der Waals surface area contributed by atoms with Crippen LogP contribution in [0.25, 0.3) is 0 Å². The van der Waals surface area contributed by atoms with E-state index in [0.717, 1.165) is 38.7 Å². The van der Waals surface area contributed by atoms with Gasteiger partial charge in [-0.1, -0.05) is 18.2 Å². The van der Waals surface area contributed by atoms with E-state index in [2.05, 4.69) is 56.0 Å². The van der Waals surface area contributed by atoms with Crippen LogP contribution in [-0.2, 0) is 9.53 Å². The van der Waals surface area contributed by atoms with Gasteiger partial charge in [0.25, 0.3) is 0 Å². The van der Waals surface area contributed by atoms with Gasteiger partial charge in [-0.2, -0.15) is 0 Å². The molecule has 1 aliphatic rings. The summed E-state index contributed by atoms with van der Waals surface area (Å²) in [6, 6.07) is 10.5. The second-order valence-corrected chi connectivity index (χ2v) is 5.37. The van der Waals surface area contributed by atoms with Crippen LogP contribution < -0.4 is 10.2 Å². The minimum Gasteiger partial charge on any atom is -0.469 e. The Hall–Kier alpha value is -1.51. The predicted octanol–water partition coefficient (Wildman–Crippen LogP) is 1.96. The molecular formula is C17H27IN4O2. The molecular weight excluding hydrogens is 419 g/mol. The minimum atomic E-state index is -0.224. The Morgan fingerprint density at radius 3 is 2.46 bits per heavy atom. The Balaban J connectivity index is 0.00000288. The number of halogens is 1. The highest BCUT2D eigenvalue weighted by Gasteiger charge is 2.19. The summed E-state index contributed by atoms with van der Waals surface area (Å²) in [7, 11) is 1.40. The molecule has 0 bridgehead atoms. The van der Waals surface area contributed by atoms with Crippen LogP contribution in [-0.4, -0.2) is 63.2 Å².